The second-order valence-corrected chi connectivity index (χ2v) is 3.95. The zero-order valence-corrected chi connectivity index (χ0v) is 9.67. The maximum absolute atomic E-state index is 10.5. The largest absolute Gasteiger partial charge is 0.478 e. The number of aryl methyl sites for hydroxylation is 1. The topological polar surface area (TPSA) is 46.5 Å². The normalized spacial score (nSPS) is 12.2. The minimum Gasteiger partial charge on any atom is -0.478 e. The third kappa shape index (κ3) is 2.89. The number of hydrogen-bond acceptors (Lipinski definition) is 2. The van der Waals surface area contributed by atoms with Crippen LogP contribution < -0.4 is 4.74 Å². The number of ether oxygens (including phenoxy) is 1. The number of benzene rings is 1. The molecule has 1 unspecified atom stereocenters. The van der Waals surface area contributed by atoms with Gasteiger partial charge < -0.3 is 9.84 Å². The van der Waals surface area contributed by atoms with Crippen molar-refractivity contribution >= 4 is 33.5 Å². The van der Waals surface area contributed by atoms with Crippen molar-refractivity contribution in [1.29, 1.82) is 0 Å². The van der Waals surface area contributed by atoms with Gasteiger partial charge in [-0.25, -0.2) is 4.79 Å². The van der Waals surface area contributed by atoms with Crippen LogP contribution in [0, 0.1) is 6.92 Å². The van der Waals surface area contributed by atoms with Crippen LogP contribution in [0.2, 0.25) is 5.02 Å². The Hall–Kier alpha value is -0.740. The van der Waals surface area contributed by atoms with Crippen LogP contribution in [-0.4, -0.2) is 16.1 Å². The van der Waals surface area contributed by atoms with Crippen molar-refractivity contribution in [2.75, 3.05) is 0 Å². The van der Waals surface area contributed by atoms with Crippen molar-refractivity contribution in [3.63, 3.8) is 0 Å². The minimum absolute atomic E-state index is 0.499. The Labute approximate surface area is 94.8 Å². The van der Waals surface area contributed by atoms with Crippen LogP contribution in [0.3, 0.4) is 0 Å². The summed E-state index contributed by atoms with van der Waals surface area (Å²) >= 11 is 8.61. The number of aliphatic carboxylic acids is 1. The van der Waals surface area contributed by atoms with Crippen molar-refractivity contribution < 1.29 is 14.6 Å². The van der Waals surface area contributed by atoms with Gasteiger partial charge >= 0.3 is 5.97 Å². The molecule has 14 heavy (non-hydrogen) atoms. The molecule has 1 N–H and O–H groups in total. The van der Waals surface area contributed by atoms with Gasteiger partial charge in [0, 0.05) is 5.02 Å². The van der Waals surface area contributed by atoms with Gasteiger partial charge in [0.15, 0.2) is 0 Å². The van der Waals surface area contributed by atoms with Gasteiger partial charge in [-0.15, -0.1) is 0 Å². The van der Waals surface area contributed by atoms with Gasteiger partial charge in [-0.2, -0.15) is 0 Å². The van der Waals surface area contributed by atoms with Crippen molar-refractivity contribution in [1.82, 2.24) is 0 Å². The van der Waals surface area contributed by atoms with Gasteiger partial charge in [0.1, 0.15) is 5.75 Å². The molecule has 3 nitrogen and oxygen atoms in total. The quantitative estimate of drug-likeness (QED) is 0.866. The number of alkyl halides is 1. The number of hydrogen-bond donors (Lipinski definition) is 1. The summed E-state index contributed by atoms with van der Waals surface area (Å²) in [5, 5.41) is 8.15. The van der Waals surface area contributed by atoms with Gasteiger partial charge in [0.2, 0.25) is 5.01 Å². The van der Waals surface area contributed by atoms with E-state index in [-0.39, 0.29) is 0 Å². The lowest BCUT2D eigenvalue weighted by atomic mass is 10.2. The summed E-state index contributed by atoms with van der Waals surface area (Å²) in [5.74, 6) is -0.571. The molecule has 0 aliphatic heterocycles. The second-order valence-electron chi connectivity index (χ2n) is 2.68. The van der Waals surface area contributed by atoms with E-state index in [9.17, 15) is 4.79 Å². The van der Waals surface area contributed by atoms with E-state index < -0.39 is 11.0 Å². The van der Waals surface area contributed by atoms with Crippen LogP contribution >= 0.6 is 27.5 Å². The van der Waals surface area contributed by atoms with Gasteiger partial charge in [-0.05, 0) is 46.6 Å². The monoisotopic (exact) mass is 278 g/mol. The summed E-state index contributed by atoms with van der Waals surface area (Å²) in [6.07, 6.45) is 0. The Morgan fingerprint density at radius 1 is 1.64 bits per heavy atom. The molecule has 0 fully saturated rings. The fourth-order valence-corrected chi connectivity index (χ4v) is 1.33. The molecule has 0 heterocycles. The highest BCUT2D eigenvalue weighted by molar-refractivity contribution is 9.09. The Bertz CT molecular complexity index is 354. The molecule has 1 aromatic carbocycles. The summed E-state index contributed by atoms with van der Waals surface area (Å²) < 4.78 is 5.12. The number of carbonyl (C=O) groups is 1. The van der Waals surface area contributed by atoms with E-state index in [1.807, 2.05) is 0 Å². The summed E-state index contributed by atoms with van der Waals surface area (Å²) in [6.45, 7) is 1.79. The van der Waals surface area contributed by atoms with E-state index in [0.717, 1.165) is 5.56 Å². The first-order valence-electron chi connectivity index (χ1n) is 3.80. The number of halogens is 2. The Morgan fingerprint density at radius 2 is 2.29 bits per heavy atom. The molecule has 0 amide bonds. The molecule has 0 aliphatic rings. The van der Waals surface area contributed by atoms with Crippen molar-refractivity contribution in [3.8, 4) is 5.75 Å². The fourth-order valence-electron chi connectivity index (χ4n) is 0.907. The van der Waals surface area contributed by atoms with Gasteiger partial charge in [0.25, 0.3) is 0 Å². The number of carboxylic acids is 1. The molecular formula is C9H8BrClO3. The zero-order chi connectivity index (χ0) is 10.7. The first kappa shape index (κ1) is 11.3. The molecule has 0 aliphatic carbocycles. The predicted molar refractivity (Wildman–Crippen MR) is 57.2 cm³/mol. The molecule has 0 saturated heterocycles. The average molecular weight is 280 g/mol. The first-order valence-corrected chi connectivity index (χ1v) is 5.10. The van der Waals surface area contributed by atoms with Crippen LogP contribution in [-0.2, 0) is 4.79 Å². The van der Waals surface area contributed by atoms with Gasteiger partial charge in [0.05, 0.1) is 0 Å². The van der Waals surface area contributed by atoms with Crippen LogP contribution in [0.4, 0.5) is 0 Å². The highest BCUT2D eigenvalue weighted by Gasteiger charge is 2.15. The van der Waals surface area contributed by atoms with Crippen molar-refractivity contribution in [3.05, 3.63) is 28.8 Å². The summed E-state index contributed by atoms with van der Waals surface area (Å²) in [4.78, 5) is 10.5. The lowest BCUT2D eigenvalue weighted by molar-refractivity contribution is -0.140. The third-order valence-corrected chi connectivity index (χ3v) is 2.38. The fraction of sp³-hybridized carbons (Fsp3) is 0.222. The third-order valence-electron chi connectivity index (χ3n) is 1.56. The molecule has 0 bridgehead atoms. The molecule has 5 heteroatoms. The highest BCUT2D eigenvalue weighted by Crippen LogP contribution is 2.23. The SMILES string of the molecule is Cc1cc(Cl)ccc1OC(Br)C(=O)O. The molecule has 1 atom stereocenters. The smallest absolute Gasteiger partial charge is 0.356 e. The summed E-state index contributed by atoms with van der Waals surface area (Å²) in [5.41, 5.74) is 0.795. The molecular weight excluding hydrogens is 271 g/mol. The number of rotatable bonds is 3. The minimum atomic E-state index is -1.07. The average Bonchev–Trinajstić information content (AvgIpc) is 2.09. The van der Waals surface area contributed by atoms with E-state index in [1.54, 1.807) is 25.1 Å². The van der Waals surface area contributed by atoms with E-state index in [2.05, 4.69) is 15.9 Å². The van der Waals surface area contributed by atoms with E-state index >= 15 is 0 Å². The lowest BCUT2D eigenvalue weighted by Gasteiger charge is -2.11. The lowest BCUT2D eigenvalue weighted by Crippen LogP contribution is -2.19. The van der Waals surface area contributed by atoms with Crippen LogP contribution in [0.1, 0.15) is 5.56 Å². The predicted octanol–water partition coefficient (Wildman–Crippen LogP) is 2.83. The van der Waals surface area contributed by atoms with Crippen molar-refractivity contribution in [2.45, 2.75) is 11.9 Å². The van der Waals surface area contributed by atoms with E-state index in [4.69, 9.17) is 21.4 Å². The molecule has 1 aromatic rings. The van der Waals surface area contributed by atoms with Gasteiger partial charge in [-0.1, -0.05) is 11.6 Å². The molecule has 0 radical (unpaired) electrons. The van der Waals surface area contributed by atoms with Gasteiger partial charge in [-0.3, -0.25) is 0 Å². The van der Waals surface area contributed by atoms with Crippen LogP contribution in [0.5, 0.6) is 5.75 Å². The molecule has 0 spiro atoms. The van der Waals surface area contributed by atoms with Crippen LogP contribution in [0.15, 0.2) is 18.2 Å². The maximum Gasteiger partial charge on any atom is 0.356 e. The standard InChI is InChI=1S/C9H8BrClO3/c1-5-4-6(11)2-3-7(5)14-8(10)9(12)13/h2-4,8H,1H3,(H,12,13). The van der Waals surface area contributed by atoms with Crippen LogP contribution in [0.25, 0.3) is 0 Å². The zero-order valence-electron chi connectivity index (χ0n) is 7.33. The molecule has 1 rings (SSSR count). The first-order chi connectivity index (χ1) is 6.50. The molecule has 76 valence electrons. The van der Waals surface area contributed by atoms with Crippen molar-refractivity contribution in [2.24, 2.45) is 0 Å². The second kappa shape index (κ2) is 4.66. The molecule has 0 aromatic heterocycles. The van der Waals surface area contributed by atoms with E-state index in [1.165, 1.54) is 0 Å². The maximum atomic E-state index is 10.5. The highest BCUT2D eigenvalue weighted by atomic mass is 79.9. The Balaban J connectivity index is 2.82. The summed E-state index contributed by atoms with van der Waals surface area (Å²) in [6, 6.07) is 4.98. The Morgan fingerprint density at radius 3 is 2.79 bits per heavy atom. The number of carboxylic acid groups (broad SMARTS) is 1. The molecule has 0 saturated carbocycles. The summed E-state index contributed by atoms with van der Waals surface area (Å²) in [7, 11) is 0. The Kier molecular flexibility index (Phi) is 3.77. The van der Waals surface area contributed by atoms with E-state index in [0.29, 0.717) is 10.8 Å².